The lowest BCUT2D eigenvalue weighted by Gasteiger charge is -2.22. The van der Waals surface area contributed by atoms with Crippen molar-refractivity contribution >= 4 is 37.8 Å². The van der Waals surface area contributed by atoms with E-state index in [1.807, 2.05) is 0 Å². The van der Waals surface area contributed by atoms with Gasteiger partial charge in [0.05, 0.1) is 22.2 Å². The quantitative estimate of drug-likeness (QED) is 0.858. The molecule has 1 aliphatic heterocycles. The van der Waals surface area contributed by atoms with E-state index in [-0.39, 0.29) is 11.5 Å². The van der Waals surface area contributed by atoms with E-state index in [4.69, 9.17) is 11.5 Å². The number of carbonyl (C=O) groups is 1. The molecule has 21 heavy (non-hydrogen) atoms. The zero-order valence-corrected chi connectivity index (χ0v) is 13.3. The number of nitrogens with two attached hydrogens (primary N) is 2. The molecule has 8 heteroatoms. The van der Waals surface area contributed by atoms with Crippen molar-refractivity contribution in [2.45, 2.75) is 25.2 Å². The molecule has 4 N–H and O–H groups in total. The van der Waals surface area contributed by atoms with Gasteiger partial charge < -0.3 is 16.4 Å². The molecule has 0 aromatic carbocycles. The molecule has 2 heterocycles. The van der Waals surface area contributed by atoms with Crippen LogP contribution < -0.4 is 16.4 Å². The number of nitrogens with zero attached hydrogens (tertiary/aromatic N) is 1. The molecule has 0 radical (unpaired) electrons. The van der Waals surface area contributed by atoms with E-state index in [1.165, 1.54) is 11.3 Å². The molecule has 2 fully saturated rings. The fourth-order valence-electron chi connectivity index (χ4n) is 2.77. The normalized spacial score (nSPS) is 22.0. The van der Waals surface area contributed by atoms with Gasteiger partial charge in [-0.3, -0.25) is 4.79 Å². The Labute approximate surface area is 128 Å². The minimum Gasteiger partial charge on any atom is -0.397 e. The summed E-state index contributed by atoms with van der Waals surface area (Å²) < 4.78 is 23.5. The van der Waals surface area contributed by atoms with Crippen LogP contribution >= 0.6 is 11.3 Å². The van der Waals surface area contributed by atoms with Gasteiger partial charge in [-0.2, -0.15) is 0 Å². The second-order valence-corrected chi connectivity index (χ2v) is 9.00. The van der Waals surface area contributed by atoms with E-state index >= 15 is 0 Å². The van der Waals surface area contributed by atoms with Crippen molar-refractivity contribution in [3.8, 4) is 0 Å². The molecule has 0 spiro atoms. The summed E-state index contributed by atoms with van der Waals surface area (Å²) >= 11 is 1.31. The van der Waals surface area contributed by atoms with Crippen molar-refractivity contribution in [2.24, 2.45) is 5.73 Å². The largest absolute Gasteiger partial charge is 0.397 e. The van der Waals surface area contributed by atoms with Crippen molar-refractivity contribution < 1.29 is 13.2 Å². The smallest absolute Gasteiger partial charge is 0.260 e. The molecular weight excluding hydrogens is 310 g/mol. The first-order valence-corrected chi connectivity index (χ1v) is 9.70. The first-order chi connectivity index (χ1) is 9.89. The number of rotatable bonds is 3. The third-order valence-electron chi connectivity index (χ3n) is 4.02. The summed E-state index contributed by atoms with van der Waals surface area (Å²) in [5.41, 5.74) is 13.0. The second-order valence-electron chi connectivity index (χ2n) is 5.69. The number of hydrogen-bond acceptors (Lipinski definition) is 6. The maximum Gasteiger partial charge on any atom is 0.260 e. The van der Waals surface area contributed by atoms with Crippen molar-refractivity contribution in [1.82, 2.24) is 0 Å². The Kier molecular flexibility index (Phi) is 3.61. The number of anilines is 2. The van der Waals surface area contributed by atoms with Crippen molar-refractivity contribution in [1.29, 1.82) is 0 Å². The molecule has 1 aromatic heterocycles. The lowest BCUT2D eigenvalue weighted by atomic mass is 10.1. The molecule has 2 aliphatic rings. The van der Waals surface area contributed by atoms with Crippen molar-refractivity contribution in [3.63, 3.8) is 0 Å². The van der Waals surface area contributed by atoms with E-state index in [2.05, 4.69) is 4.90 Å². The van der Waals surface area contributed by atoms with Gasteiger partial charge in [0, 0.05) is 18.7 Å². The van der Waals surface area contributed by atoms with Gasteiger partial charge in [-0.1, -0.05) is 0 Å². The first-order valence-electron chi connectivity index (χ1n) is 7.06. The standard InChI is InChI=1S/C13H19N3O3S2/c14-10-9(8-2-3-8)13(20-11(10)12(15)17)16-4-1-6-21(18,19)7-5-16/h8H,1-7,14H2,(H2,15,17). The number of sulfone groups is 1. The monoisotopic (exact) mass is 329 g/mol. The summed E-state index contributed by atoms with van der Waals surface area (Å²) in [6, 6.07) is 0. The molecule has 1 aliphatic carbocycles. The van der Waals surface area contributed by atoms with Crippen molar-refractivity contribution in [2.75, 3.05) is 35.2 Å². The highest BCUT2D eigenvalue weighted by molar-refractivity contribution is 7.91. The van der Waals surface area contributed by atoms with Crippen LogP contribution in [0.15, 0.2) is 0 Å². The molecule has 6 nitrogen and oxygen atoms in total. The molecule has 1 saturated heterocycles. The Balaban J connectivity index is 1.97. The minimum absolute atomic E-state index is 0.154. The molecule has 0 atom stereocenters. The Morgan fingerprint density at radius 2 is 1.95 bits per heavy atom. The number of hydrogen-bond donors (Lipinski definition) is 2. The fourth-order valence-corrected chi connectivity index (χ4v) is 5.25. The summed E-state index contributed by atoms with van der Waals surface area (Å²) in [5.74, 6) is 0.268. The van der Waals surface area contributed by atoms with Crippen LogP contribution in [0.3, 0.4) is 0 Å². The number of nitrogen functional groups attached to an aromatic ring is 1. The Morgan fingerprint density at radius 1 is 1.24 bits per heavy atom. The summed E-state index contributed by atoms with van der Waals surface area (Å²) in [5, 5.41) is 0.945. The van der Waals surface area contributed by atoms with Gasteiger partial charge in [0.15, 0.2) is 9.84 Å². The van der Waals surface area contributed by atoms with E-state index < -0.39 is 15.7 Å². The van der Waals surface area contributed by atoms with Crippen LogP contribution in [0, 0.1) is 0 Å². The van der Waals surface area contributed by atoms with Gasteiger partial charge >= 0.3 is 0 Å². The van der Waals surface area contributed by atoms with E-state index in [1.54, 1.807) is 0 Å². The molecule has 0 bridgehead atoms. The van der Waals surface area contributed by atoms with Gasteiger partial charge in [-0.25, -0.2) is 8.42 Å². The minimum atomic E-state index is -2.96. The average molecular weight is 329 g/mol. The van der Waals surface area contributed by atoms with Gasteiger partial charge in [0.2, 0.25) is 0 Å². The topological polar surface area (TPSA) is 106 Å². The molecule has 0 unspecified atom stereocenters. The number of thiophene rings is 1. The Morgan fingerprint density at radius 3 is 2.57 bits per heavy atom. The van der Waals surface area contributed by atoms with Crippen LogP contribution in [0.1, 0.15) is 40.4 Å². The Hall–Kier alpha value is -1.28. The van der Waals surface area contributed by atoms with Gasteiger partial charge in [-0.05, 0) is 25.2 Å². The van der Waals surface area contributed by atoms with Gasteiger partial charge in [0.25, 0.3) is 5.91 Å². The zero-order valence-electron chi connectivity index (χ0n) is 11.7. The predicted octanol–water partition coefficient (Wildman–Crippen LogP) is 0.931. The van der Waals surface area contributed by atoms with E-state index in [0.29, 0.717) is 36.0 Å². The fraction of sp³-hybridized carbons (Fsp3) is 0.615. The second kappa shape index (κ2) is 5.17. The number of carbonyl (C=O) groups excluding carboxylic acids is 1. The summed E-state index contributed by atoms with van der Waals surface area (Å²) in [6.45, 7) is 1.14. The van der Waals surface area contributed by atoms with Gasteiger partial charge in [0.1, 0.15) is 4.88 Å². The maximum absolute atomic E-state index is 11.7. The van der Waals surface area contributed by atoms with Crippen LogP contribution in [0.2, 0.25) is 0 Å². The van der Waals surface area contributed by atoms with E-state index in [0.717, 1.165) is 23.4 Å². The molecule has 1 saturated carbocycles. The molecule has 116 valence electrons. The van der Waals surface area contributed by atoms with Crippen LogP contribution in [0.5, 0.6) is 0 Å². The van der Waals surface area contributed by atoms with Crippen molar-refractivity contribution in [3.05, 3.63) is 10.4 Å². The van der Waals surface area contributed by atoms with Gasteiger partial charge in [-0.15, -0.1) is 11.3 Å². The zero-order chi connectivity index (χ0) is 15.2. The summed E-state index contributed by atoms with van der Waals surface area (Å²) in [6.07, 6.45) is 2.74. The highest BCUT2D eigenvalue weighted by atomic mass is 32.2. The lowest BCUT2D eigenvalue weighted by Crippen LogP contribution is -2.26. The van der Waals surface area contributed by atoms with E-state index in [9.17, 15) is 13.2 Å². The average Bonchev–Trinajstić information content (AvgIpc) is 3.18. The molecule has 3 rings (SSSR count). The molecule has 1 aromatic rings. The maximum atomic E-state index is 11.7. The molecular formula is C13H19N3O3S2. The third-order valence-corrected chi connectivity index (χ3v) is 7.03. The predicted molar refractivity (Wildman–Crippen MR) is 84.7 cm³/mol. The first kappa shape index (κ1) is 14.6. The highest BCUT2D eigenvalue weighted by Crippen LogP contribution is 2.52. The van der Waals surface area contributed by atoms with Crippen LogP contribution in [-0.4, -0.2) is 38.9 Å². The SMILES string of the molecule is NC(=O)c1sc(N2CCCS(=O)(=O)CC2)c(C2CC2)c1N. The van der Waals surface area contributed by atoms with Crippen LogP contribution in [0.25, 0.3) is 0 Å². The highest BCUT2D eigenvalue weighted by Gasteiger charge is 2.35. The molecule has 1 amide bonds. The summed E-state index contributed by atoms with van der Waals surface area (Å²) in [4.78, 5) is 14.0. The van der Waals surface area contributed by atoms with Crippen LogP contribution in [-0.2, 0) is 9.84 Å². The Bertz CT molecular complexity index is 677. The lowest BCUT2D eigenvalue weighted by molar-refractivity contribution is 0.100. The third kappa shape index (κ3) is 2.87. The number of primary amides is 1. The van der Waals surface area contributed by atoms with Crippen LogP contribution in [0.4, 0.5) is 10.7 Å². The number of amides is 1. The summed E-state index contributed by atoms with van der Waals surface area (Å²) in [7, 11) is -2.96.